The molecule has 3 amide bonds. The smallest absolute Gasteiger partial charge is 0.251 e. The van der Waals surface area contributed by atoms with Crippen LogP contribution in [0.3, 0.4) is 0 Å². The van der Waals surface area contributed by atoms with Crippen molar-refractivity contribution >= 4 is 46.6 Å². The number of hydrogen-bond acceptors (Lipinski definition) is 4. The number of likely N-dealkylation sites (tertiary alicyclic amines) is 1. The van der Waals surface area contributed by atoms with E-state index in [9.17, 15) is 14.4 Å². The molecule has 2 N–H and O–H groups in total. The molecule has 2 fully saturated rings. The Morgan fingerprint density at radius 1 is 1.17 bits per heavy atom. The molecule has 0 spiro atoms. The Bertz CT molecular complexity index is 702. The normalized spacial score (nSPS) is 23.1. The highest BCUT2D eigenvalue weighted by molar-refractivity contribution is 6.44. The summed E-state index contributed by atoms with van der Waals surface area (Å²) in [6, 6.07) is 4.33. The van der Waals surface area contributed by atoms with Crippen molar-refractivity contribution in [2.75, 3.05) is 18.0 Å². The molecule has 2 saturated heterocycles. The van der Waals surface area contributed by atoms with E-state index in [0.717, 1.165) is 4.90 Å². The van der Waals surface area contributed by atoms with Gasteiger partial charge in [-0.3, -0.25) is 19.3 Å². The van der Waals surface area contributed by atoms with Crippen LogP contribution in [0.4, 0.5) is 5.69 Å². The zero-order valence-electron chi connectivity index (χ0n) is 12.9. The topological polar surface area (TPSA) is 83.7 Å². The maximum Gasteiger partial charge on any atom is 0.251 e. The van der Waals surface area contributed by atoms with E-state index in [-0.39, 0.29) is 35.1 Å². The number of carbonyl (C=O) groups excluding carboxylic acids is 3. The van der Waals surface area contributed by atoms with Gasteiger partial charge in [-0.2, -0.15) is 0 Å². The number of amides is 3. The summed E-state index contributed by atoms with van der Waals surface area (Å²) in [5.74, 6) is -1.07. The maximum absolute atomic E-state index is 12.8. The Hall–Kier alpha value is -1.63. The molecule has 0 saturated carbocycles. The van der Waals surface area contributed by atoms with E-state index in [1.165, 1.54) is 0 Å². The van der Waals surface area contributed by atoms with Gasteiger partial charge in [0.2, 0.25) is 11.8 Å². The minimum Gasteiger partial charge on any atom is -0.369 e. The van der Waals surface area contributed by atoms with Crippen LogP contribution in [0.1, 0.15) is 19.3 Å². The van der Waals surface area contributed by atoms with Crippen molar-refractivity contribution in [1.29, 1.82) is 0 Å². The minimum atomic E-state index is -0.527. The number of benzene rings is 1. The molecule has 1 aromatic carbocycles. The number of piperidine rings is 1. The molecule has 128 valence electrons. The lowest BCUT2D eigenvalue weighted by Gasteiger charge is -2.33. The van der Waals surface area contributed by atoms with E-state index in [4.69, 9.17) is 28.9 Å². The Kier molecular flexibility index (Phi) is 4.80. The van der Waals surface area contributed by atoms with Gasteiger partial charge in [-0.15, -0.1) is 0 Å². The van der Waals surface area contributed by atoms with Crippen molar-refractivity contribution in [3.05, 3.63) is 28.2 Å². The van der Waals surface area contributed by atoms with Crippen LogP contribution < -0.4 is 10.6 Å². The van der Waals surface area contributed by atoms with Crippen LogP contribution in [-0.2, 0) is 14.4 Å². The summed E-state index contributed by atoms with van der Waals surface area (Å²) in [5, 5.41) is 0.481. The number of nitrogens with two attached hydrogens (primary N) is 1. The number of nitrogens with zero attached hydrogens (tertiary/aromatic N) is 2. The quantitative estimate of drug-likeness (QED) is 0.823. The second-order valence-corrected chi connectivity index (χ2v) is 6.86. The molecule has 0 radical (unpaired) electrons. The SMILES string of the molecule is NC(=O)C1CCN([C@H]2CC(=O)N(c3cccc(Cl)c3Cl)C2=O)CC1. The molecule has 0 aliphatic carbocycles. The van der Waals surface area contributed by atoms with E-state index in [1.54, 1.807) is 18.2 Å². The van der Waals surface area contributed by atoms with Crippen molar-refractivity contribution in [2.24, 2.45) is 11.7 Å². The van der Waals surface area contributed by atoms with Gasteiger partial charge in [0.15, 0.2) is 0 Å². The Morgan fingerprint density at radius 3 is 2.46 bits per heavy atom. The molecule has 0 unspecified atom stereocenters. The zero-order chi connectivity index (χ0) is 17.4. The van der Waals surface area contributed by atoms with E-state index >= 15 is 0 Å². The Morgan fingerprint density at radius 2 is 1.83 bits per heavy atom. The third kappa shape index (κ3) is 3.01. The van der Waals surface area contributed by atoms with E-state index < -0.39 is 6.04 Å². The molecule has 1 atom stereocenters. The maximum atomic E-state index is 12.8. The lowest BCUT2D eigenvalue weighted by atomic mass is 9.95. The summed E-state index contributed by atoms with van der Waals surface area (Å²) < 4.78 is 0. The number of halogens is 2. The van der Waals surface area contributed by atoms with Gasteiger partial charge in [-0.05, 0) is 38.1 Å². The fraction of sp³-hybridized carbons (Fsp3) is 0.438. The molecular formula is C16H17Cl2N3O3. The fourth-order valence-electron chi connectivity index (χ4n) is 3.32. The van der Waals surface area contributed by atoms with Crippen LogP contribution in [0.25, 0.3) is 0 Å². The van der Waals surface area contributed by atoms with Crippen LogP contribution in [-0.4, -0.2) is 41.8 Å². The minimum absolute atomic E-state index is 0.100. The molecule has 0 bridgehead atoms. The summed E-state index contributed by atoms with van der Waals surface area (Å²) in [7, 11) is 0. The molecule has 8 heteroatoms. The summed E-state index contributed by atoms with van der Waals surface area (Å²) >= 11 is 12.1. The Labute approximate surface area is 149 Å². The summed E-state index contributed by atoms with van der Waals surface area (Å²) in [6.45, 7) is 1.13. The van der Waals surface area contributed by atoms with Crippen LogP contribution in [0.2, 0.25) is 10.0 Å². The second kappa shape index (κ2) is 6.70. The van der Waals surface area contributed by atoms with Crippen molar-refractivity contribution in [2.45, 2.75) is 25.3 Å². The number of imide groups is 1. The molecule has 2 aliphatic rings. The van der Waals surface area contributed by atoms with Gasteiger partial charge in [-0.1, -0.05) is 29.3 Å². The van der Waals surface area contributed by atoms with Gasteiger partial charge in [0.05, 0.1) is 28.2 Å². The predicted octanol–water partition coefficient (Wildman–Crippen LogP) is 1.82. The molecule has 2 aliphatic heterocycles. The average molecular weight is 370 g/mol. The number of primary amides is 1. The van der Waals surface area contributed by atoms with Crippen molar-refractivity contribution < 1.29 is 14.4 Å². The van der Waals surface area contributed by atoms with Crippen LogP contribution in [0.15, 0.2) is 18.2 Å². The monoisotopic (exact) mass is 369 g/mol. The van der Waals surface area contributed by atoms with E-state index in [0.29, 0.717) is 36.6 Å². The van der Waals surface area contributed by atoms with E-state index in [2.05, 4.69) is 0 Å². The summed E-state index contributed by atoms with van der Waals surface area (Å²) in [5.41, 5.74) is 5.64. The molecule has 2 heterocycles. The zero-order valence-corrected chi connectivity index (χ0v) is 14.4. The first-order valence-electron chi connectivity index (χ1n) is 7.74. The van der Waals surface area contributed by atoms with Crippen LogP contribution in [0, 0.1) is 5.92 Å². The van der Waals surface area contributed by atoms with Crippen molar-refractivity contribution in [1.82, 2.24) is 4.90 Å². The molecule has 0 aromatic heterocycles. The molecule has 6 nitrogen and oxygen atoms in total. The van der Waals surface area contributed by atoms with Gasteiger partial charge in [0.1, 0.15) is 0 Å². The lowest BCUT2D eigenvalue weighted by Crippen LogP contribution is -2.47. The molecular weight excluding hydrogens is 353 g/mol. The lowest BCUT2D eigenvalue weighted by molar-refractivity contribution is -0.124. The van der Waals surface area contributed by atoms with Gasteiger partial charge >= 0.3 is 0 Å². The van der Waals surface area contributed by atoms with Crippen molar-refractivity contribution in [3.8, 4) is 0 Å². The van der Waals surface area contributed by atoms with Gasteiger partial charge in [-0.25, -0.2) is 4.90 Å². The predicted molar refractivity (Wildman–Crippen MR) is 90.9 cm³/mol. The largest absolute Gasteiger partial charge is 0.369 e. The van der Waals surface area contributed by atoms with Crippen LogP contribution >= 0.6 is 23.2 Å². The van der Waals surface area contributed by atoms with Gasteiger partial charge in [0, 0.05) is 5.92 Å². The highest BCUT2D eigenvalue weighted by atomic mass is 35.5. The highest BCUT2D eigenvalue weighted by Crippen LogP contribution is 2.36. The first-order valence-corrected chi connectivity index (χ1v) is 8.50. The van der Waals surface area contributed by atoms with Crippen LogP contribution in [0.5, 0.6) is 0 Å². The van der Waals surface area contributed by atoms with E-state index in [1.807, 2.05) is 4.90 Å². The number of anilines is 1. The average Bonchev–Trinajstić information content (AvgIpc) is 2.85. The summed E-state index contributed by atoms with van der Waals surface area (Å²) in [6.07, 6.45) is 1.30. The highest BCUT2D eigenvalue weighted by Gasteiger charge is 2.44. The third-order valence-electron chi connectivity index (χ3n) is 4.67. The first-order chi connectivity index (χ1) is 11.4. The number of rotatable bonds is 3. The summed E-state index contributed by atoms with van der Waals surface area (Å²) in [4.78, 5) is 39.4. The van der Waals surface area contributed by atoms with Gasteiger partial charge in [0.25, 0.3) is 5.91 Å². The first kappa shape index (κ1) is 17.2. The Balaban J connectivity index is 1.78. The fourth-order valence-corrected chi connectivity index (χ4v) is 3.70. The van der Waals surface area contributed by atoms with Crippen molar-refractivity contribution in [3.63, 3.8) is 0 Å². The third-order valence-corrected chi connectivity index (χ3v) is 5.48. The second-order valence-electron chi connectivity index (χ2n) is 6.07. The standard InChI is InChI=1S/C16H17Cl2N3O3/c17-10-2-1-3-11(14(10)18)21-13(22)8-12(16(21)24)20-6-4-9(5-7-20)15(19)23/h1-3,9,12H,4-8H2,(H2,19,23)/t12-/m0/s1. The van der Waals surface area contributed by atoms with Gasteiger partial charge < -0.3 is 5.73 Å². The molecule has 24 heavy (non-hydrogen) atoms. The number of carbonyl (C=O) groups is 3. The molecule has 3 rings (SSSR count). The number of hydrogen-bond donors (Lipinski definition) is 1. The molecule has 1 aromatic rings.